The van der Waals surface area contributed by atoms with Crippen LogP contribution in [-0.2, 0) is 10.2 Å². The van der Waals surface area contributed by atoms with Crippen LogP contribution in [-0.4, -0.2) is 49.0 Å². The highest BCUT2D eigenvalue weighted by Crippen LogP contribution is 2.29. The number of piperidine rings is 1. The molecular weight excluding hydrogens is 388 g/mol. The van der Waals surface area contributed by atoms with Gasteiger partial charge < -0.3 is 15.4 Å². The lowest BCUT2D eigenvalue weighted by molar-refractivity contribution is 0.0511. The minimum absolute atomic E-state index is 0. The Morgan fingerprint density at radius 1 is 1.24 bits per heavy atom. The molecule has 7 heteroatoms. The Balaban J connectivity index is 0.00000300. The van der Waals surface area contributed by atoms with Gasteiger partial charge in [-0.15, -0.1) is 12.4 Å². The van der Waals surface area contributed by atoms with E-state index in [1.165, 1.54) is 0 Å². The first-order valence-electron chi connectivity index (χ1n) is 9.98. The Morgan fingerprint density at radius 2 is 1.90 bits per heavy atom. The van der Waals surface area contributed by atoms with Crippen molar-refractivity contribution in [3.05, 3.63) is 47.8 Å². The second-order valence-corrected chi connectivity index (χ2v) is 8.79. The minimum Gasteiger partial charge on any atom is -0.384 e. The first-order chi connectivity index (χ1) is 13.3. The lowest BCUT2D eigenvalue weighted by atomic mass is 9.79. The molecule has 160 valence electrons. The van der Waals surface area contributed by atoms with Crippen LogP contribution >= 0.6 is 12.4 Å². The maximum atomic E-state index is 13.1. The molecular formula is C22H33ClN4O2. The number of nitrogens with one attached hydrogen (secondary N) is 2. The fourth-order valence-electron chi connectivity index (χ4n) is 3.81. The van der Waals surface area contributed by atoms with Crippen LogP contribution in [0.1, 0.15) is 49.7 Å². The maximum Gasteiger partial charge on any atom is 0.254 e. The van der Waals surface area contributed by atoms with E-state index in [-0.39, 0.29) is 29.1 Å². The summed E-state index contributed by atoms with van der Waals surface area (Å²) < 4.78 is 7.26. The van der Waals surface area contributed by atoms with Crippen molar-refractivity contribution in [2.24, 2.45) is 5.41 Å². The molecule has 1 amide bonds. The number of nitrogens with zero attached hydrogens (tertiary/aromatic N) is 2. The molecule has 0 spiro atoms. The van der Waals surface area contributed by atoms with Gasteiger partial charge in [0, 0.05) is 30.7 Å². The monoisotopic (exact) mass is 420 g/mol. The number of amides is 1. The average molecular weight is 421 g/mol. The third-order valence-electron chi connectivity index (χ3n) is 5.43. The Bertz CT molecular complexity index is 787. The largest absolute Gasteiger partial charge is 0.384 e. The van der Waals surface area contributed by atoms with Crippen LogP contribution in [0, 0.1) is 5.41 Å². The van der Waals surface area contributed by atoms with E-state index in [9.17, 15) is 4.79 Å². The minimum atomic E-state index is -0.230. The molecule has 29 heavy (non-hydrogen) atoms. The molecule has 1 aromatic heterocycles. The highest BCUT2D eigenvalue weighted by atomic mass is 35.5. The van der Waals surface area contributed by atoms with Crippen LogP contribution in [0.2, 0.25) is 0 Å². The first kappa shape index (κ1) is 23.4. The fraction of sp³-hybridized carbons (Fsp3) is 0.545. The van der Waals surface area contributed by atoms with Crippen molar-refractivity contribution < 1.29 is 9.53 Å². The molecule has 2 N–H and O–H groups in total. The number of rotatable bonds is 6. The zero-order chi connectivity index (χ0) is 20.2. The third kappa shape index (κ3) is 5.59. The number of carbonyl (C=O) groups is 1. The van der Waals surface area contributed by atoms with Gasteiger partial charge >= 0.3 is 0 Å². The van der Waals surface area contributed by atoms with Crippen LogP contribution in [0.4, 0.5) is 0 Å². The van der Waals surface area contributed by atoms with Crippen molar-refractivity contribution in [3.63, 3.8) is 0 Å². The van der Waals surface area contributed by atoms with Crippen molar-refractivity contribution in [1.29, 1.82) is 0 Å². The zero-order valence-corrected chi connectivity index (χ0v) is 18.6. The second-order valence-electron chi connectivity index (χ2n) is 8.79. The van der Waals surface area contributed by atoms with Crippen molar-refractivity contribution in [1.82, 2.24) is 20.4 Å². The van der Waals surface area contributed by atoms with E-state index >= 15 is 0 Å². The van der Waals surface area contributed by atoms with Gasteiger partial charge in [0.25, 0.3) is 5.91 Å². The Kier molecular flexibility index (Phi) is 7.86. The summed E-state index contributed by atoms with van der Waals surface area (Å²) in [6.45, 7) is 9.44. The number of ether oxygens (including phenoxy) is 1. The number of hydrogen-bond acceptors (Lipinski definition) is 4. The van der Waals surface area contributed by atoms with Gasteiger partial charge in [0.15, 0.2) is 0 Å². The maximum absolute atomic E-state index is 13.1. The predicted molar refractivity (Wildman–Crippen MR) is 118 cm³/mol. The quantitative estimate of drug-likeness (QED) is 0.752. The summed E-state index contributed by atoms with van der Waals surface area (Å²) in [7, 11) is 1.73. The number of carbonyl (C=O) groups excluding carboxylic acids is 1. The molecule has 0 atom stereocenters. The molecule has 0 unspecified atom stereocenters. The molecule has 3 rings (SSSR count). The number of benzene rings is 1. The van der Waals surface area contributed by atoms with Crippen LogP contribution in [0.5, 0.6) is 0 Å². The van der Waals surface area contributed by atoms with Gasteiger partial charge in [-0.25, -0.2) is 4.68 Å². The number of halogens is 1. The summed E-state index contributed by atoms with van der Waals surface area (Å²) in [4.78, 5) is 13.1. The molecule has 1 saturated heterocycles. The summed E-state index contributed by atoms with van der Waals surface area (Å²) in [6, 6.07) is 9.89. The van der Waals surface area contributed by atoms with E-state index in [0.717, 1.165) is 37.3 Å². The average Bonchev–Trinajstić information content (AvgIpc) is 3.14. The molecule has 1 fully saturated rings. The van der Waals surface area contributed by atoms with Crippen molar-refractivity contribution in [2.75, 3.05) is 33.4 Å². The SMILES string of the molecule is COCC1(CNC(=O)c2cn(-c3ccccc3)nc2C(C)(C)C)CCNCC1.Cl. The lowest BCUT2D eigenvalue weighted by Gasteiger charge is -2.37. The van der Waals surface area contributed by atoms with E-state index < -0.39 is 0 Å². The van der Waals surface area contributed by atoms with Gasteiger partial charge in [-0.05, 0) is 38.1 Å². The second kappa shape index (κ2) is 9.74. The Labute approximate surface area is 179 Å². The molecule has 6 nitrogen and oxygen atoms in total. The van der Waals surface area contributed by atoms with E-state index in [0.29, 0.717) is 18.7 Å². The molecule has 2 heterocycles. The third-order valence-corrected chi connectivity index (χ3v) is 5.43. The van der Waals surface area contributed by atoms with Gasteiger partial charge in [0.2, 0.25) is 0 Å². The highest BCUT2D eigenvalue weighted by molar-refractivity contribution is 5.95. The number of para-hydroxylation sites is 1. The van der Waals surface area contributed by atoms with E-state index in [1.54, 1.807) is 11.8 Å². The Morgan fingerprint density at radius 3 is 2.48 bits per heavy atom. The summed E-state index contributed by atoms with van der Waals surface area (Å²) in [6.07, 6.45) is 3.84. The predicted octanol–water partition coefficient (Wildman–Crippen LogP) is 3.34. The molecule has 1 aliphatic heterocycles. The lowest BCUT2D eigenvalue weighted by Crippen LogP contribution is -2.47. The summed E-state index contributed by atoms with van der Waals surface area (Å²) >= 11 is 0. The van der Waals surface area contributed by atoms with E-state index in [1.807, 2.05) is 36.5 Å². The number of aromatic nitrogens is 2. The van der Waals surface area contributed by atoms with Crippen LogP contribution in [0.25, 0.3) is 5.69 Å². The molecule has 1 aromatic carbocycles. The van der Waals surface area contributed by atoms with Gasteiger partial charge in [-0.2, -0.15) is 5.10 Å². The number of hydrogen-bond donors (Lipinski definition) is 2. The normalized spacial score (nSPS) is 16.1. The molecule has 2 aromatic rings. The molecule has 0 radical (unpaired) electrons. The standard InChI is InChI=1S/C22H32N4O2.ClH/c1-21(2,3)19-18(14-26(25-19)17-8-6-5-7-9-17)20(27)24-15-22(16-28-4)10-12-23-13-11-22;/h5-9,14,23H,10-13,15-16H2,1-4H3,(H,24,27);1H. The van der Waals surface area contributed by atoms with Gasteiger partial charge in [0.1, 0.15) is 0 Å². The zero-order valence-electron chi connectivity index (χ0n) is 17.8. The van der Waals surface area contributed by atoms with Crippen LogP contribution < -0.4 is 10.6 Å². The van der Waals surface area contributed by atoms with Crippen molar-refractivity contribution in [2.45, 2.75) is 39.0 Å². The molecule has 0 saturated carbocycles. The summed E-state index contributed by atoms with van der Waals surface area (Å²) in [5, 5.41) is 11.3. The molecule has 1 aliphatic rings. The smallest absolute Gasteiger partial charge is 0.254 e. The number of methoxy groups -OCH3 is 1. The highest BCUT2D eigenvalue weighted by Gasteiger charge is 2.33. The molecule has 0 aliphatic carbocycles. The molecule has 0 bridgehead atoms. The van der Waals surface area contributed by atoms with Gasteiger partial charge in [0.05, 0.1) is 23.6 Å². The van der Waals surface area contributed by atoms with Crippen molar-refractivity contribution >= 4 is 18.3 Å². The summed E-state index contributed by atoms with van der Waals surface area (Å²) in [5.74, 6) is -0.0684. The van der Waals surface area contributed by atoms with Gasteiger partial charge in [-0.1, -0.05) is 39.0 Å². The van der Waals surface area contributed by atoms with Crippen molar-refractivity contribution in [3.8, 4) is 5.69 Å². The first-order valence-corrected chi connectivity index (χ1v) is 9.98. The van der Waals surface area contributed by atoms with E-state index in [4.69, 9.17) is 9.84 Å². The summed E-state index contributed by atoms with van der Waals surface area (Å²) in [5.41, 5.74) is 2.15. The van der Waals surface area contributed by atoms with Crippen LogP contribution in [0.3, 0.4) is 0 Å². The van der Waals surface area contributed by atoms with Gasteiger partial charge in [-0.3, -0.25) is 4.79 Å². The Hall–Kier alpha value is -1.89. The fourth-order valence-corrected chi connectivity index (χ4v) is 3.81. The van der Waals surface area contributed by atoms with E-state index in [2.05, 4.69) is 31.4 Å². The van der Waals surface area contributed by atoms with Crippen LogP contribution in [0.15, 0.2) is 36.5 Å². The topological polar surface area (TPSA) is 68.2 Å².